The van der Waals surface area contributed by atoms with E-state index in [4.69, 9.17) is 4.74 Å². The number of hydrogen-bond acceptors (Lipinski definition) is 5. The molecule has 0 saturated carbocycles. The molecule has 1 aromatic carbocycles. The number of benzene rings is 1. The van der Waals surface area contributed by atoms with Crippen molar-refractivity contribution in [2.24, 2.45) is 7.05 Å². The summed E-state index contributed by atoms with van der Waals surface area (Å²) >= 11 is 1.26. The van der Waals surface area contributed by atoms with E-state index in [1.807, 2.05) is 12.1 Å². The van der Waals surface area contributed by atoms with Gasteiger partial charge in [-0.2, -0.15) is 0 Å². The van der Waals surface area contributed by atoms with Gasteiger partial charge >= 0.3 is 10.7 Å². The van der Waals surface area contributed by atoms with Gasteiger partial charge in [0.2, 0.25) is 5.91 Å². The van der Waals surface area contributed by atoms with E-state index in [0.29, 0.717) is 22.2 Å². The van der Waals surface area contributed by atoms with Crippen molar-refractivity contribution in [1.82, 2.24) is 5.27 Å². The third-order valence-corrected chi connectivity index (χ3v) is 3.83. The molecule has 7 nitrogen and oxygen atoms in total. The van der Waals surface area contributed by atoms with E-state index in [2.05, 4.69) is 15.1 Å². The van der Waals surface area contributed by atoms with Crippen molar-refractivity contribution in [2.45, 2.75) is 11.4 Å². The maximum Gasteiger partial charge on any atom is 0.441 e. The van der Waals surface area contributed by atoms with Crippen LogP contribution in [0.4, 0.5) is 5.69 Å². The Kier molecular flexibility index (Phi) is 5.04. The first kappa shape index (κ1) is 15.2. The lowest BCUT2D eigenvalue weighted by molar-refractivity contribution is -0.772. The summed E-state index contributed by atoms with van der Waals surface area (Å²) in [5, 5.41) is 5.63. The summed E-state index contributed by atoms with van der Waals surface area (Å²) in [6.45, 7) is 0. The maximum absolute atomic E-state index is 11.9. The third-order valence-electron chi connectivity index (χ3n) is 2.70. The van der Waals surface area contributed by atoms with Crippen LogP contribution in [0.3, 0.4) is 0 Å². The molecule has 1 amide bonds. The molecule has 2 rings (SSSR count). The highest BCUT2D eigenvalue weighted by atomic mass is 32.2. The van der Waals surface area contributed by atoms with Crippen LogP contribution in [0, 0.1) is 0 Å². The number of aryl methyl sites for hydroxylation is 1. The highest BCUT2D eigenvalue weighted by Gasteiger charge is 2.18. The Labute approximate surface area is 125 Å². The van der Waals surface area contributed by atoms with Crippen LogP contribution in [-0.4, -0.2) is 24.0 Å². The summed E-state index contributed by atoms with van der Waals surface area (Å²) in [6.07, 6.45) is 0.271. The van der Waals surface area contributed by atoms with Crippen molar-refractivity contribution < 1.29 is 18.7 Å². The molecule has 0 aliphatic heterocycles. The van der Waals surface area contributed by atoms with Crippen LogP contribution in [-0.2, 0) is 11.8 Å². The second kappa shape index (κ2) is 6.98. The molecule has 2 aromatic rings. The van der Waals surface area contributed by atoms with Crippen LogP contribution < -0.4 is 20.4 Å². The number of amides is 1. The summed E-state index contributed by atoms with van der Waals surface area (Å²) in [6, 6.07) is 7.19. The molecule has 21 heavy (non-hydrogen) atoms. The minimum absolute atomic E-state index is 0.144. The van der Waals surface area contributed by atoms with Gasteiger partial charge in [-0.05, 0) is 29.2 Å². The lowest BCUT2D eigenvalue weighted by atomic mass is 10.3. The standard InChI is InChI=1S/C13H15N3O4S/c1-16-12(13(18)20-15-16)21-8-7-11(17)14-9-5-3-4-6-10(9)19-2/h3-6H,7-8H2,1-2H3,(H-,14,15,17,18)/p+1. The quantitative estimate of drug-likeness (QED) is 0.612. The molecule has 1 heterocycles. The number of nitrogens with zero attached hydrogens (tertiary/aromatic N) is 1. The number of rotatable bonds is 6. The molecular weight excluding hydrogens is 294 g/mol. The minimum Gasteiger partial charge on any atom is -0.495 e. The first-order valence-corrected chi connectivity index (χ1v) is 7.23. The fourth-order valence-electron chi connectivity index (χ4n) is 1.69. The topological polar surface area (TPSA) is 88.2 Å². The number of aromatic amines is 1. The molecule has 112 valence electrons. The smallest absolute Gasteiger partial charge is 0.441 e. The number of carbonyl (C=O) groups excluding carboxylic acids is 1. The van der Waals surface area contributed by atoms with Gasteiger partial charge in [0.05, 0.1) is 12.8 Å². The molecule has 2 N–H and O–H groups in total. The molecule has 8 heteroatoms. The predicted molar refractivity (Wildman–Crippen MR) is 77.5 cm³/mol. The van der Waals surface area contributed by atoms with Crippen LogP contribution in [0.15, 0.2) is 38.6 Å². The molecule has 0 radical (unpaired) electrons. The van der Waals surface area contributed by atoms with Gasteiger partial charge < -0.3 is 10.1 Å². The predicted octanol–water partition coefficient (Wildman–Crippen LogP) is 0.922. The number of hydrogen-bond donors (Lipinski definition) is 2. The number of nitrogens with one attached hydrogen (secondary N) is 2. The number of anilines is 1. The van der Waals surface area contributed by atoms with Crippen LogP contribution >= 0.6 is 11.8 Å². The number of thioether (sulfide) groups is 1. The molecule has 1 aromatic heterocycles. The van der Waals surface area contributed by atoms with Crippen molar-refractivity contribution in [3.05, 3.63) is 34.7 Å². The number of carbonyl (C=O) groups is 1. The van der Waals surface area contributed by atoms with Crippen molar-refractivity contribution in [3.63, 3.8) is 0 Å². The zero-order chi connectivity index (χ0) is 15.2. The van der Waals surface area contributed by atoms with E-state index in [1.54, 1.807) is 26.3 Å². The fourth-order valence-corrected chi connectivity index (χ4v) is 2.56. The van der Waals surface area contributed by atoms with Crippen molar-refractivity contribution in [3.8, 4) is 5.75 Å². The van der Waals surface area contributed by atoms with Crippen molar-refractivity contribution in [1.29, 1.82) is 0 Å². The van der Waals surface area contributed by atoms with Crippen LogP contribution in [0.2, 0.25) is 0 Å². The largest absolute Gasteiger partial charge is 0.495 e. The monoisotopic (exact) mass is 310 g/mol. The number of H-pyrrole nitrogens is 1. The molecule has 0 unspecified atom stereocenters. The summed E-state index contributed by atoms with van der Waals surface area (Å²) < 4.78 is 11.3. The Bertz CT molecular complexity index is 680. The molecule has 0 aliphatic carbocycles. The Hall–Kier alpha value is -2.22. The summed E-state index contributed by atoms with van der Waals surface area (Å²) in [5.74, 6) is 0.933. The SMILES string of the molecule is COc1ccccc1NC(=O)CCSc1c(=O)o[nH][n+]1C. The minimum atomic E-state index is -0.437. The Morgan fingerprint density at radius 3 is 2.90 bits per heavy atom. The van der Waals surface area contributed by atoms with E-state index in [0.717, 1.165) is 0 Å². The Morgan fingerprint density at radius 1 is 1.48 bits per heavy atom. The molecule has 0 atom stereocenters. The highest BCUT2D eigenvalue weighted by molar-refractivity contribution is 7.99. The molecular formula is C13H16N3O4S+. The third kappa shape index (κ3) is 3.88. The normalized spacial score (nSPS) is 10.4. The summed E-state index contributed by atoms with van der Waals surface area (Å²) in [5.41, 5.74) is 0.189. The van der Waals surface area contributed by atoms with Gasteiger partial charge in [0, 0.05) is 12.2 Å². The summed E-state index contributed by atoms with van der Waals surface area (Å²) in [7, 11) is 3.22. The van der Waals surface area contributed by atoms with Gasteiger partial charge in [0.1, 0.15) is 5.75 Å². The first-order chi connectivity index (χ1) is 10.1. The molecule has 0 bridgehead atoms. The maximum atomic E-state index is 11.9. The van der Waals surface area contributed by atoms with E-state index in [1.165, 1.54) is 16.4 Å². The van der Waals surface area contributed by atoms with Crippen LogP contribution in [0.25, 0.3) is 0 Å². The van der Waals surface area contributed by atoms with Gasteiger partial charge in [0.15, 0.2) is 7.05 Å². The van der Waals surface area contributed by atoms with Gasteiger partial charge in [-0.3, -0.25) is 9.32 Å². The Morgan fingerprint density at radius 2 is 2.24 bits per heavy atom. The highest BCUT2D eigenvalue weighted by Crippen LogP contribution is 2.23. The average Bonchev–Trinajstić information content (AvgIpc) is 2.79. The number of aromatic nitrogens is 2. The number of para-hydroxylation sites is 2. The average molecular weight is 310 g/mol. The lowest BCUT2D eigenvalue weighted by Gasteiger charge is -2.09. The molecule has 0 spiro atoms. The number of methoxy groups -OCH3 is 1. The molecule has 0 aliphatic rings. The van der Waals surface area contributed by atoms with E-state index >= 15 is 0 Å². The summed E-state index contributed by atoms with van der Waals surface area (Å²) in [4.78, 5) is 23.2. The zero-order valence-corrected chi connectivity index (χ0v) is 12.5. The fraction of sp³-hybridized carbons (Fsp3) is 0.308. The number of ether oxygens (including phenoxy) is 1. The zero-order valence-electron chi connectivity index (χ0n) is 11.7. The van der Waals surface area contributed by atoms with Gasteiger partial charge in [0.25, 0.3) is 0 Å². The molecule has 0 fully saturated rings. The van der Waals surface area contributed by atoms with Crippen molar-refractivity contribution in [2.75, 3.05) is 18.2 Å². The van der Waals surface area contributed by atoms with E-state index in [9.17, 15) is 9.59 Å². The first-order valence-electron chi connectivity index (χ1n) is 6.25. The van der Waals surface area contributed by atoms with Gasteiger partial charge in [-0.25, -0.2) is 4.79 Å². The van der Waals surface area contributed by atoms with Gasteiger partial charge in [-0.15, -0.1) is 0 Å². The van der Waals surface area contributed by atoms with Gasteiger partial charge in [-0.1, -0.05) is 16.8 Å². The van der Waals surface area contributed by atoms with Crippen LogP contribution in [0.1, 0.15) is 6.42 Å². The van der Waals surface area contributed by atoms with E-state index in [-0.39, 0.29) is 12.3 Å². The van der Waals surface area contributed by atoms with Crippen molar-refractivity contribution >= 4 is 23.4 Å². The van der Waals surface area contributed by atoms with E-state index < -0.39 is 5.63 Å². The lowest BCUT2D eigenvalue weighted by Crippen LogP contribution is -2.33. The Balaban J connectivity index is 1.87. The van der Waals surface area contributed by atoms with Crippen LogP contribution in [0.5, 0.6) is 5.75 Å². The second-order valence-corrected chi connectivity index (χ2v) is 5.28. The second-order valence-electron chi connectivity index (χ2n) is 4.19. The molecule has 0 saturated heterocycles.